The smallest absolute Gasteiger partial charge is 0.251 e. The molecule has 1 aromatic carbocycles. The number of anilines is 1. The van der Waals surface area contributed by atoms with Gasteiger partial charge in [0.2, 0.25) is 5.91 Å². The van der Waals surface area contributed by atoms with Gasteiger partial charge in [0.1, 0.15) is 5.88 Å². The molecule has 0 spiro atoms. The van der Waals surface area contributed by atoms with Gasteiger partial charge in [-0.2, -0.15) is 0 Å². The van der Waals surface area contributed by atoms with Crippen LogP contribution in [0, 0.1) is 0 Å². The molecule has 1 heterocycles. The number of para-hydroxylation sites is 1. The van der Waals surface area contributed by atoms with Gasteiger partial charge < -0.3 is 4.90 Å². The summed E-state index contributed by atoms with van der Waals surface area (Å²) >= 11 is 0. The van der Waals surface area contributed by atoms with Crippen LogP contribution in [0.25, 0.3) is 0 Å². The van der Waals surface area contributed by atoms with Gasteiger partial charge in [-0.25, -0.2) is 8.42 Å². The zero-order valence-corrected chi connectivity index (χ0v) is 10.1. The van der Waals surface area contributed by atoms with Crippen molar-refractivity contribution >= 4 is 21.6 Å². The summed E-state index contributed by atoms with van der Waals surface area (Å²) in [7, 11) is -3.50. The second kappa shape index (κ2) is 4.75. The third-order valence-corrected chi connectivity index (χ3v) is 3.74. The van der Waals surface area contributed by atoms with Crippen LogP contribution in [0.2, 0.25) is 0 Å². The Morgan fingerprint density at radius 2 is 1.94 bits per heavy atom. The molecule has 0 bridgehead atoms. The number of amides is 1. The van der Waals surface area contributed by atoms with Crippen LogP contribution in [-0.4, -0.2) is 31.6 Å². The third-order valence-electron chi connectivity index (χ3n) is 2.54. The summed E-state index contributed by atoms with van der Waals surface area (Å²) in [5, 5.41) is 0. The Kier molecular flexibility index (Phi) is 3.33. The van der Waals surface area contributed by atoms with Crippen LogP contribution >= 0.6 is 0 Å². The van der Waals surface area contributed by atoms with E-state index >= 15 is 0 Å². The van der Waals surface area contributed by atoms with Crippen molar-refractivity contribution in [1.29, 1.82) is 0 Å². The Bertz CT molecular complexity index is 499. The Morgan fingerprint density at radius 1 is 1.24 bits per heavy atom. The number of likely N-dealkylation sites (tertiary alicyclic amines) is 1. The average Bonchev–Trinajstić information content (AvgIpc) is 2.64. The largest absolute Gasteiger partial charge is 0.326 e. The molecular weight excluding hydrogens is 240 g/mol. The maximum absolute atomic E-state index is 11.8. The van der Waals surface area contributed by atoms with Crippen LogP contribution in [0.5, 0.6) is 0 Å². The lowest BCUT2D eigenvalue weighted by atomic mass is 10.3. The third kappa shape index (κ3) is 3.20. The summed E-state index contributed by atoms with van der Waals surface area (Å²) in [5.74, 6) is -0.357. The normalized spacial score (nSPS) is 16.2. The number of hydrogen-bond donors (Lipinski definition) is 1. The fourth-order valence-corrected chi connectivity index (χ4v) is 3.01. The standard InChI is InChI=1S/C11H14N2O3S/c14-11-7-4-8-13(11)9-17(15,16)12-10-5-2-1-3-6-10/h1-3,5-6,12H,4,7-9H2. The molecule has 1 saturated heterocycles. The molecule has 0 saturated carbocycles. The lowest BCUT2D eigenvalue weighted by Gasteiger charge is -2.16. The van der Waals surface area contributed by atoms with E-state index in [4.69, 9.17) is 0 Å². The minimum absolute atomic E-state index is 0.0940. The van der Waals surface area contributed by atoms with E-state index in [1.807, 2.05) is 6.07 Å². The molecule has 0 unspecified atom stereocenters. The first-order valence-corrected chi connectivity index (χ1v) is 7.05. The van der Waals surface area contributed by atoms with E-state index in [9.17, 15) is 13.2 Å². The van der Waals surface area contributed by atoms with Gasteiger partial charge in [0, 0.05) is 18.7 Å². The van der Waals surface area contributed by atoms with Crippen molar-refractivity contribution in [2.24, 2.45) is 0 Å². The van der Waals surface area contributed by atoms with Crippen molar-refractivity contribution in [2.75, 3.05) is 17.1 Å². The molecule has 0 atom stereocenters. The number of carbonyl (C=O) groups is 1. The second-order valence-electron chi connectivity index (χ2n) is 3.97. The highest BCUT2D eigenvalue weighted by Crippen LogP contribution is 2.13. The summed E-state index contributed by atoms with van der Waals surface area (Å²) in [6.45, 7) is 0.522. The molecule has 1 aromatic rings. The van der Waals surface area contributed by atoms with E-state index in [0.29, 0.717) is 18.7 Å². The number of carbonyl (C=O) groups excluding carboxylic acids is 1. The van der Waals surface area contributed by atoms with E-state index in [-0.39, 0.29) is 11.8 Å². The number of hydrogen-bond acceptors (Lipinski definition) is 3. The van der Waals surface area contributed by atoms with E-state index in [0.717, 1.165) is 6.42 Å². The predicted octanol–water partition coefficient (Wildman–Crippen LogP) is 1.01. The lowest BCUT2D eigenvalue weighted by molar-refractivity contribution is -0.126. The molecule has 2 rings (SSSR count). The molecule has 1 N–H and O–H groups in total. The zero-order chi connectivity index (χ0) is 12.3. The molecule has 6 heteroatoms. The Hall–Kier alpha value is -1.56. The van der Waals surface area contributed by atoms with Gasteiger partial charge in [-0.1, -0.05) is 18.2 Å². The van der Waals surface area contributed by atoms with Gasteiger partial charge in [-0.3, -0.25) is 9.52 Å². The highest BCUT2D eigenvalue weighted by molar-refractivity contribution is 7.92. The van der Waals surface area contributed by atoms with Crippen LogP contribution in [0.3, 0.4) is 0 Å². The molecule has 1 aliphatic rings. The fourth-order valence-electron chi connectivity index (χ4n) is 1.76. The summed E-state index contributed by atoms with van der Waals surface area (Å²) in [6, 6.07) is 8.65. The number of benzene rings is 1. The molecule has 17 heavy (non-hydrogen) atoms. The van der Waals surface area contributed by atoms with Gasteiger partial charge in [0.15, 0.2) is 0 Å². The number of rotatable bonds is 4. The first-order chi connectivity index (χ1) is 8.07. The van der Waals surface area contributed by atoms with Gasteiger partial charge in [-0.15, -0.1) is 0 Å². The highest BCUT2D eigenvalue weighted by atomic mass is 32.2. The minimum atomic E-state index is -3.50. The van der Waals surface area contributed by atoms with Crippen LogP contribution < -0.4 is 4.72 Å². The maximum atomic E-state index is 11.8. The Labute approximate surface area is 100 Å². The lowest BCUT2D eigenvalue weighted by Crippen LogP contribution is -2.33. The topological polar surface area (TPSA) is 66.5 Å². The van der Waals surface area contributed by atoms with E-state index in [1.54, 1.807) is 24.3 Å². The molecule has 5 nitrogen and oxygen atoms in total. The van der Waals surface area contributed by atoms with E-state index < -0.39 is 10.0 Å². The van der Waals surface area contributed by atoms with Crippen LogP contribution in [0.4, 0.5) is 5.69 Å². The van der Waals surface area contributed by atoms with Crippen molar-refractivity contribution in [3.8, 4) is 0 Å². The van der Waals surface area contributed by atoms with Crippen molar-refractivity contribution in [3.63, 3.8) is 0 Å². The van der Waals surface area contributed by atoms with Crippen molar-refractivity contribution < 1.29 is 13.2 Å². The maximum Gasteiger partial charge on any atom is 0.251 e. The number of nitrogens with zero attached hydrogens (tertiary/aromatic N) is 1. The second-order valence-corrected chi connectivity index (χ2v) is 5.66. The first kappa shape index (κ1) is 11.9. The average molecular weight is 254 g/mol. The molecule has 1 fully saturated rings. The Balaban J connectivity index is 2.02. The summed E-state index contributed by atoms with van der Waals surface area (Å²) in [4.78, 5) is 12.7. The molecule has 1 aliphatic heterocycles. The first-order valence-electron chi connectivity index (χ1n) is 5.40. The SMILES string of the molecule is O=C1CCCN1CS(=O)(=O)Nc1ccccc1. The fraction of sp³-hybridized carbons (Fsp3) is 0.364. The van der Waals surface area contributed by atoms with Gasteiger partial charge in [-0.05, 0) is 18.6 Å². The van der Waals surface area contributed by atoms with Crippen molar-refractivity contribution in [3.05, 3.63) is 30.3 Å². The number of sulfonamides is 1. The molecule has 0 radical (unpaired) electrons. The van der Waals surface area contributed by atoms with Gasteiger partial charge in [0.25, 0.3) is 10.0 Å². The zero-order valence-electron chi connectivity index (χ0n) is 9.30. The van der Waals surface area contributed by atoms with E-state index in [1.165, 1.54) is 4.90 Å². The predicted molar refractivity (Wildman–Crippen MR) is 64.8 cm³/mol. The Morgan fingerprint density at radius 3 is 2.53 bits per heavy atom. The van der Waals surface area contributed by atoms with Gasteiger partial charge in [0.05, 0.1) is 0 Å². The van der Waals surface area contributed by atoms with Crippen LogP contribution in [0.1, 0.15) is 12.8 Å². The molecular formula is C11H14N2O3S. The number of nitrogens with one attached hydrogen (secondary N) is 1. The molecule has 92 valence electrons. The van der Waals surface area contributed by atoms with Crippen molar-refractivity contribution in [2.45, 2.75) is 12.8 Å². The molecule has 0 aliphatic carbocycles. The van der Waals surface area contributed by atoms with Crippen LogP contribution in [-0.2, 0) is 14.8 Å². The summed E-state index contributed by atoms with van der Waals surface area (Å²) < 4.78 is 26.0. The van der Waals surface area contributed by atoms with E-state index in [2.05, 4.69) is 4.72 Å². The van der Waals surface area contributed by atoms with Gasteiger partial charge >= 0.3 is 0 Å². The summed E-state index contributed by atoms with van der Waals surface area (Å²) in [5.41, 5.74) is 0.513. The van der Waals surface area contributed by atoms with Crippen LogP contribution in [0.15, 0.2) is 30.3 Å². The highest BCUT2D eigenvalue weighted by Gasteiger charge is 2.25. The summed E-state index contributed by atoms with van der Waals surface area (Å²) in [6.07, 6.45) is 1.18. The van der Waals surface area contributed by atoms with Crippen molar-refractivity contribution in [1.82, 2.24) is 4.90 Å². The minimum Gasteiger partial charge on any atom is -0.326 e. The quantitative estimate of drug-likeness (QED) is 0.872. The molecule has 1 amide bonds. The monoisotopic (exact) mass is 254 g/mol. The molecule has 0 aromatic heterocycles.